The van der Waals surface area contributed by atoms with E-state index in [9.17, 15) is 0 Å². The van der Waals surface area contributed by atoms with Crippen LogP contribution in [0.15, 0.2) is 0 Å². The van der Waals surface area contributed by atoms with Gasteiger partial charge in [0, 0.05) is 18.2 Å². The molecule has 2 N–H and O–H groups in total. The zero-order chi connectivity index (χ0) is 12.2. The first kappa shape index (κ1) is 11.5. The summed E-state index contributed by atoms with van der Waals surface area (Å²) in [5.74, 6) is 1.56. The molecule has 1 aromatic rings. The van der Waals surface area contributed by atoms with Gasteiger partial charge in [0.2, 0.25) is 0 Å². The summed E-state index contributed by atoms with van der Waals surface area (Å²) in [5.41, 5.74) is 8.79. The van der Waals surface area contributed by atoms with Crippen molar-refractivity contribution in [1.29, 1.82) is 0 Å². The fraction of sp³-hybridized carbons (Fsp3) is 0.769. The van der Waals surface area contributed by atoms with Crippen LogP contribution in [0, 0.1) is 18.8 Å². The van der Waals surface area contributed by atoms with Crippen molar-refractivity contribution >= 4 is 11.6 Å². The molecule has 0 saturated heterocycles. The van der Waals surface area contributed by atoms with Crippen molar-refractivity contribution in [2.75, 3.05) is 0 Å². The summed E-state index contributed by atoms with van der Waals surface area (Å²) in [6, 6.07) is 0. The molecule has 2 saturated carbocycles. The maximum Gasteiger partial charge on any atom is 0.130 e. The van der Waals surface area contributed by atoms with E-state index in [4.69, 9.17) is 17.3 Å². The van der Waals surface area contributed by atoms with Crippen LogP contribution in [0.4, 0.5) is 0 Å². The van der Waals surface area contributed by atoms with Gasteiger partial charge in [-0.25, -0.2) is 0 Å². The van der Waals surface area contributed by atoms with Gasteiger partial charge in [0.15, 0.2) is 0 Å². The van der Waals surface area contributed by atoms with E-state index in [-0.39, 0.29) is 5.54 Å². The Morgan fingerprint density at radius 3 is 2.76 bits per heavy atom. The molecule has 3 unspecified atom stereocenters. The second-order valence-electron chi connectivity index (χ2n) is 5.97. The Morgan fingerprint density at radius 1 is 1.53 bits per heavy atom. The molecule has 0 spiro atoms. The summed E-state index contributed by atoms with van der Waals surface area (Å²) in [7, 11) is 1.89. The monoisotopic (exact) mass is 253 g/mol. The summed E-state index contributed by atoms with van der Waals surface area (Å²) >= 11 is 6.30. The lowest BCUT2D eigenvalue weighted by molar-refractivity contribution is 0.269. The van der Waals surface area contributed by atoms with Crippen LogP contribution >= 0.6 is 11.6 Å². The third-order valence-corrected chi connectivity index (χ3v) is 5.27. The van der Waals surface area contributed by atoms with Gasteiger partial charge in [0.1, 0.15) is 5.15 Å². The van der Waals surface area contributed by atoms with Crippen LogP contribution in [0.25, 0.3) is 0 Å². The van der Waals surface area contributed by atoms with Crippen molar-refractivity contribution in [3.8, 4) is 0 Å². The third-order valence-electron chi connectivity index (χ3n) is 4.80. The number of halogens is 1. The van der Waals surface area contributed by atoms with Crippen molar-refractivity contribution in [2.24, 2.45) is 24.6 Å². The molecule has 0 radical (unpaired) electrons. The molecule has 2 fully saturated rings. The minimum Gasteiger partial charge on any atom is -0.325 e. The lowest BCUT2D eigenvalue weighted by Gasteiger charge is -2.34. The molecule has 4 heteroatoms. The smallest absolute Gasteiger partial charge is 0.130 e. The van der Waals surface area contributed by atoms with Gasteiger partial charge in [0.05, 0.1) is 5.69 Å². The molecule has 3 nitrogen and oxygen atoms in total. The second kappa shape index (κ2) is 3.72. The third kappa shape index (κ3) is 1.71. The van der Waals surface area contributed by atoms with Gasteiger partial charge in [-0.1, -0.05) is 18.0 Å². The molecule has 0 aliphatic heterocycles. The summed E-state index contributed by atoms with van der Waals surface area (Å²) in [5, 5.41) is 5.13. The molecular formula is C13H20ClN3. The van der Waals surface area contributed by atoms with Gasteiger partial charge in [-0.05, 0) is 44.4 Å². The average Bonchev–Trinajstić information content (AvgIpc) is 2.89. The van der Waals surface area contributed by atoms with Crippen molar-refractivity contribution in [1.82, 2.24) is 9.78 Å². The molecule has 0 aromatic carbocycles. The van der Waals surface area contributed by atoms with E-state index < -0.39 is 0 Å². The first-order chi connectivity index (χ1) is 7.99. The number of fused-ring (bicyclic) bond motifs is 2. The molecule has 1 heterocycles. The highest BCUT2D eigenvalue weighted by Gasteiger charge is 2.48. The average molecular weight is 254 g/mol. The lowest BCUT2D eigenvalue weighted by atomic mass is 9.77. The number of nitrogens with zero attached hydrogens (tertiary/aromatic N) is 2. The first-order valence-corrected chi connectivity index (χ1v) is 6.84. The van der Waals surface area contributed by atoms with Crippen molar-refractivity contribution in [3.05, 3.63) is 16.4 Å². The fourth-order valence-corrected chi connectivity index (χ4v) is 4.15. The summed E-state index contributed by atoms with van der Waals surface area (Å²) in [6.45, 7) is 2.03. The standard InChI is InChI=1S/C13H20ClN3/c1-8-11(12(14)17(2)16-8)7-13(15)6-9-3-4-10(13)5-9/h9-10H,3-7,15H2,1-2H3. The van der Waals surface area contributed by atoms with E-state index in [1.165, 1.54) is 25.7 Å². The highest BCUT2D eigenvalue weighted by atomic mass is 35.5. The van der Waals surface area contributed by atoms with Gasteiger partial charge in [0.25, 0.3) is 0 Å². The minimum absolute atomic E-state index is 0.0274. The van der Waals surface area contributed by atoms with E-state index >= 15 is 0 Å². The Balaban J connectivity index is 1.87. The van der Waals surface area contributed by atoms with Crippen molar-refractivity contribution in [2.45, 2.75) is 44.6 Å². The zero-order valence-electron chi connectivity index (χ0n) is 10.5. The van der Waals surface area contributed by atoms with Gasteiger partial charge < -0.3 is 5.73 Å². The Kier molecular flexibility index (Phi) is 2.53. The van der Waals surface area contributed by atoms with Crippen LogP contribution in [0.2, 0.25) is 5.15 Å². The number of rotatable bonds is 2. The normalized spacial score (nSPS) is 35.8. The van der Waals surface area contributed by atoms with E-state index in [1.54, 1.807) is 4.68 Å². The lowest BCUT2D eigenvalue weighted by Crippen LogP contribution is -2.47. The van der Waals surface area contributed by atoms with Crippen LogP contribution in [0.1, 0.15) is 36.9 Å². The van der Waals surface area contributed by atoms with Crippen LogP contribution in [-0.2, 0) is 13.5 Å². The second-order valence-corrected chi connectivity index (χ2v) is 6.33. The fourth-order valence-electron chi connectivity index (χ4n) is 3.91. The van der Waals surface area contributed by atoms with Crippen molar-refractivity contribution < 1.29 is 0 Å². The number of hydrogen-bond acceptors (Lipinski definition) is 2. The van der Waals surface area contributed by atoms with Gasteiger partial charge in [-0.3, -0.25) is 4.68 Å². The predicted molar refractivity (Wildman–Crippen MR) is 69.0 cm³/mol. The molecular weight excluding hydrogens is 234 g/mol. The number of hydrogen-bond donors (Lipinski definition) is 1. The highest BCUT2D eigenvalue weighted by Crippen LogP contribution is 2.51. The predicted octanol–water partition coefficient (Wildman–Crippen LogP) is 2.44. The van der Waals surface area contributed by atoms with Crippen molar-refractivity contribution in [3.63, 3.8) is 0 Å². The number of aromatic nitrogens is 2. The SMILES string of the molecule is Cc1nn(C)c(Cl)c1CC1(N)CC2CCC1C2. The van der Waals surface area contributed by atoms with E-state index in [0.717, 1.165) is 28.7 Å². The summed E-state index contributed by atoms with van der Waals surface area (Å²) in [6.07, 6.45) is 6.07. The molecule has 17 heavy (non-hydrogen) atoms. The summed E-state index contributed by atoms with van der Waals surface area (Å²) < 4.78 is 1.75. The van der Waals surface area contributed by atoms with Crippen LogP contribution in [-0.4, -0.2) is 15.3 Å². The Hall–Kier alpha value is -0.540. The van der Waals surface area contributed by atoms with Gasteiger partial charge >= 0.3 is 0 Å². The van der Waals surface area contributed by atoms with E-state index in [2.05, 4.69) is 5.10 Å². The van der Waals surface area contributed by atoms with E-state index in [0.29, 0.717) is 5.92 Å². The Bertz CT molecular complexity index is 454. The van der Waals surface area contributed by atoms with E-state index in [1.807, 2.05) is 14.0 Å². The maximum absolute atomic E-state index is 6.63. The van der Waals surface area contributed by atoms with Crippen LogP contribution in [0.5, 0.6) is 0 Å². The Morgan fingerprint density at radius 2 is 2.29 bits per heavy atom. The molecule has 2 bridgehead atoms. The van der Waals surface area contributed by atoms with Gasteiger partial charge in [-0.2, -0.15) is 5.10 Å². The Labute approximate surface area is 107 Å². The van der Waals surface area contributed by atoms with Crippen LogP contribution in [0.3, 0.4) is 0 Å². The van der Waals surface area contributed by atoms with Gasteiger partial charge in [-0.15, -0.1) is 0 Å². The largest absolute Gasteiger partial charge is 0.325 e. The quantitative estimate of drug-likeness (QED) is 0.880. The highest BCUT2D eigenvalue weighted by molar-refractivity contribution is 6.30. The maximum atomic E-state index is 6.63. The topological polar surface area (TPSA) is 43.8 Å². The molecule has 3 atom stereocenters. The molecule has 3 rings (SSSR count). The molecule has 1 aromatic heterocycles. The minimum atomic E-state index is -0.0274. The zero-order valence-corrected chi connectivity index (χ0v) is 11.3. The number of nitrogens with two attached hydrogens (primary N) is 1. The first-order valence-electron chi connectivity index (χ1n) is 6.46. The molecule has 2 aliphatic rings. The van der Waals surface area contributed by atoms with Crippen LogP contribution < -0.4 is 5.73 Å². The molecule has 2 aliphatic carbocycles. The molecule has 0 amide bonds. The number of aryl methyl sites for hydroxylation is 2. The molecule has 94 valence electrons. The summed E-state index contributed by atoms with van der Waals surface area (Å²) in [4.78, 5) is 0.